The number of nitrogens with one attached hydrogen (secondary N) is 1. The molecule has 0 saturated heterocycles. The van der Waals surface area contributed by atoms with Crippen LogP contribution in [0.2, 0.25) is 5.02 Å². The number of thiophene rings is 1. The van der Waals surface area contributed by atoms with Crippen LogP contribution in [0.25, 0.3) is 10.8 Å². The molecule has 3 aromatic rings. The Bertz CT molecular complexity index is 755. The highest BCUT2D eigenvalue weighted by Crippen LogP contribution is 2.27. The number of aryl methyl sites for hydroxylation is 1. The summed E-state index contributed by atoms with van der Waals surface area (Å²) in [5.74, 6) is 1.01. The molecule has 0 aliphatic heterocycles. The van der Waals surface area contributed by atoms with Crippen LogP contribution in [0.1, 0.15) is 11.5 Å². The minimum atomic E-state index is -0.358. The lowest BCUT2D eigenvalue weighted by molar-refractivity contribution is 0.541. The molecule has 3 rings (SSSR count). The second-order valence-corrected chi connectivity index (χ2v) is 5.83. The summed E-state index contributed by atoms with van der Waals surface area (Å²) in [6, 6.07) is 8.16. The van der Waals surface area contributed by atoms with Gasteiger partial charge in [0.05, 0.1) is 22.1 Å². The average molecular weight is 323 g/mol. The van der Waals surface area contributed by atoms with E-state index in [1.54, 1.807) is 17.4 Å². The predicted octanol–water partition coefficient (Wildman–Crippen LogP) is 5.12. The van der Waals surface area contributed by atoms with Crippen molar-refractivity contribution in [1.29, 1.82) is 0 Å². The van der Waals surface area contributed by atoms with E-state index in [1.807, 2.05) is 24.4 Å². The zero-order valence-corrected chi connectivity index (χ0v) is 12.8. The van der Waals surface area contributed by atoms with E-state index in [0.29, 0.717) is 23.1 Å². The van der Waals surface area contributed by atoms with Gasteiger partial charge in [0.2, 0.25) is 5.89 Å². The fourth-order valence-electron chi connectivity index (χ4n) is 1.91. The smallest absolute Gasteiger partial charge is 0.236 e. The van der Waals surface area contributed by atoms with Gasteiger partial charge in [-0.25, -0.2) is 9.37 Å². The lowest BCUT2D eigenvalue weighted by atomic mass is 10.3. The maximum atomic E-state index is 13.0. The molecule has 0 unspecified atom stereocenters. The molecule has 0 radical (unpaired) electrons. The molecule has 0 saturated carbocycles. The predicted molar refractivity (Wildman–Crippen MR) is 83.3 cm³/mol. The molecule has 108 valence electrons. The van der Waals surface area contributed by atoms with Crippen molar-refractivity contribution in [3.8, 4) is 10.8 Å². The number of benzene rings is 1. The molecule has 0 aliphatic carbocycles. The average Bonchev–Trinajstić information content (AvgIpc) is 3.07. The number of aromatic nitrogens is 1. The zero-order valence-electron chi connectivity index (χ0n) is 11.2. The first-order chi connectivity index (χ1) is 10.1. The van der Waals surface area contributed by atoms with Crippen LogP contribution in [0, 0.1) is 12.7 Å². The number of hydrogen-bond donors (Lipinski definition) is 1. The standard InChI is InChI=1S/C15H12ClFN2OS/c1-9-13(19-15(20-9)14-3-2-6-21-14)8-18-12-5-4-10(17)7-11(12)16/h2-7,18H,8H2,1H3. The van der Waals surface area contributed by atoms with Crippen molar-refractivity contribution in [3.05, 3.63) is 58.0 Å². The Hall–Kier alpha value is -1.85. The molecule has 2 heterocycles. The van der Waals surface area contributed by atoms with Crippen LogP contribution in [0.3, 0.4) is 0 Å². The molecule has 2 aromatic heterocycles. The fourth-order valence-corrected chi connectivity index (χ4v) is 2.79. The molecule has 0 aliphatic rings. The van der Waals surface area contributed by atoms with Crippen LogP contribution in [0.5, 0.6) is 0 Å². The van der Waals surface area contributed by atoms with E-state index in [1.165, 1.54) is 12.1 Å². The lowest BCUT2D eigenvalue weighted by Crippen LogP contribution is -2.01. The summed E-state index contributed by atoms with van der Waals surface area (Å²) in [6.45, 7) is 2.33. The van der Waals surface area contributed by atoms with E-state index < -0.39 is 0 Å². The highest BCUT2D eigenvalue weighted by Gasteiger charge is 2.12. The van der Waals surface area contributed by atoms with E-state index in [4.69, 9.17) is 16.0 Å². The van der Waals surface area contributed by atoms with Crippen LogP contribution < -0.4 is 5.32 Å². The van der Waals surface area contributed by atoms with Gasteiger partial charge in [-0.2, -0.15) is 0 Å². The monoisotopic (exact) mass is 322 g/mol. The van der Waals surface area contributed by atoms with Crippen molar-refractivity contribution >= 4 is 28.6 Å². The third-order valence-electron chi connectivity index (χ3n) is 3.00. The quantitative estimate of drug-likeness (QED) is 0.724. The number of hydrogen-bond acceptors (Lipinski definition) is 4. The van der Waals surface area contributed by atoms with Crippen molar-refractivity contribution in [3.63, 3.8) is 0 Å². The Morgan fingerprint density at radius 2 is 2.24 bits per heavy atom. The second kappa shape index (κ2) is 5.87. The molecule has 0 amide bonds. The van der Waals surface area contributed by atoms with Gasteiger partial charge in [-0.1, -0.05) is 17.7 Å². The van der Waals surface area contributed by atoms with Crippen LogP contribution in [0.4, 0.5) is 10.1 Å². The molecule has 0 fully saturated rings. The van der Waals surface area contributed by atoms with Gasteiger partial charge in [0, 0.05) is 0 Å². The van der Waals surface area contributed by atoms with Crippen molar-refractivity contribution < 1.29 is 8.81 Å². The molecule has 3 nitrogen and oxygen atoms in total. The Morgan fingerprint density at radius 1 is 1.38 bits per heavy atom. The topological polar surface area (TPSA) is 38.1 Å². The molecule has 6 heteroatoms. The van der Waals surface area contributed by atoms with Crippen LogP contribution in [-0.4, -0.2) is 4.98 Å². The summed E-state index contributed by atoms with van der Waals surface area (Å²) in [5, 5.41) is 5.46. The largest absolute Gasteiger partial charge is 0.440 e. The van der Waals surface area contributed by atoms with E-state index in [9.17, 15) is 4.39 Å². The first-order valence-corrected chi connectivity index (χ1v) is 7.58. The van der Waals surface area contributed by atoms with Gasteiger partial charge in [0.15, 0.2) is 0 Å². The summed E-state index contributed by atoms with van der Waals surface area (Å²) in [6.07, 6.45) is 0. The molecule has 0 bridgehead atoms. The maximum absolute atomic E-state index is 13.0. The molecular weight excluding hydrogens is 311 g/mol. The van der Waals surface area contributed by atoms with Gasteiger partial charge < -0.3 is 9.73 Å². The highest BCUT2D eigenvalue weighted by molar-refractivity contribution is 7.13. The Labute approximate surface area is 130 Å². The van der Waals surface area contributed by atoms with Crippen molar-refractivity contribution in [1.82, 2.24) is 4.98 Å². The summed E-state index contributed by atoms with van der Waals surface area (Å²) >= 11 is 7.55. The maximum Gasteiger partial charge on any atom is 0.236 e. The Morgan fingerprint density at radius 3 is 2.95 bits per heavy atom. The van der Waals surface area contributed by atoms with Crippen LogP contribution in [-0.2, 0) is 6.54 Å². The van der Waals surface area contributed by atoms with Gasteiger partial charge in [-0.3, -0.25) is 0 Å². The SMILES string of the molecule is Cc1oc(-c2cccs2)nc1CNc1ccc(F)cc1Cl. The minimum Gasteiger partial charge on any atom is -0.440 e. The second-order valence-electron chi connectivity index (χ2n) is 4.48. The minimum absolute atomic E-state index is 0.342. The molecule has 1 N–H and O–H groups in total. The third kappa shape index (κ3) is 3.09. The number of oxazole rings is 1. The van der Waals surface area contributed by atoms with Gasteiger partial charge in [0.25, 0.3) is 0 Å². The molecule has 0 atom stereocenters. The Kier molecular flexibility index (Phi) is 3.94. The highest BCUT2D eigenvalue weighted by atomic mass is 35.5. The summed E-state index contributed by atoms with van der Waals surface area (Å²) < 4.78 is 18.7. The molecule has 21 heavy (non-hydrogen) atoms. The molecule has 0 spiro atoms. The fraction of sp³-hybridized carbons (Fsp3) is 0.133. The zero-order chi connectivity index (χ0) is 14.8. The molecular formula is C15H12ClFN2OS. The first kappa shape index (κ1) is 14.1. The number of nitrogens with zero attached hydrogens (tertiary/aromatic N) is 1. The van der Waals surface area contributed by atoms with E-state index in [0.717, 1.165) is 16.3 Å². The van der Waals surface area contributed by atoms with Crippen molar-refractivity contribution in [2.75, 3.05) is 5.32 Å². The number of anilines is 1. The van der Waals surface area contributed by atoms with Crippen molar-refractivity contribution in [2.45, 2.75) is 13.5 Å². The normalized spacial score (nSPS) is 10.8. The van der Waals surface area contributed by atoms with E-state index in [2.05, 4.69) is 10.3 Å². The summed E-state index contributed by atoms with van der Waals surface area (Å²) in [5.41, 5.74) is 1.47. The van der Waals surface area contributed by atoms with Gasteiger partial charge in [-0.05, 0) is 36.6 Å². The summed E-state index contributed by atoms with van der Waals surface area (Å²) in [7, 11) is 0. The summed E-state index contributed by atoms with van der Waals surface area (Å²) in [4.78, 5) is 5.47. The Balaban J connectivity index is 1.76. The van der Waals surface area contributed by atoms with Crippen LogP contribution in [0.15, 0.2) is 40.1 Å². The van der Waals surface area contributed by atoms with E-state index in [-0.39, 0.29) is 5.82 Å². The van der Waals surface area contributed by atoms with Crippen molar-refractivity contribution in [2.24, 2.45) is 0 Å². The number of rotatable bonds is 4. The molecule has 1 aromatic carbocycles. The van der Waals surface area contributed by atoms with Gasteiger partial charge >= 0.3 is 0 Å². The third-order valence-corrected chi connectivity index (χ3v) is 4.17. The number of halogens is 2. The van der Waals surface area contributed by atoms with Gasteiger partial charge in [-0.15, -0.1) is 11.3 Å². The van der Waals surface area contributed by atoms with Crippen LogP contribution >= 0.6 is 22.9 Å². The lowest BCUT2D eigenvalue weighted by Gasteiger charge is -2.06. The van der Waals surface area contributed by atoms with Gasteiger partial charge in [0.1, 0.15) is 17.3 Å². The first-order valence-electron chi connectivity index (χ1n) is 6.32. The van der Waals surface area contributed by atoms with E-state index >= 15 is 0 Å².